The number of aryl methyl sites for hydroxylation is 1. The van der Waals surface area contributed by atoms with Gasteiger partial charge < -0.3 is 13.9 Å². The smallest absolute Gasteiger partial charge is 0.314 e. The predicted molar refractivity (Wildman–Crippen MR) is 112 cm³/mol. The minimum atomic E-state index is -0.325. The molecule has 0 spiro atoms. The fourth-order valence-electron chi connectivity index (χ4n) is 3.23. The van der Waals surface area contributed by atoms with Crippen LogP contribution >= 0.6 is 0 Å². The highest BCUT2D eigenvalue weighted by molar-refractivity contribution is 5.74. The first-order chi connectivity index (χ1) is 14.6. The number of pyridine rings is 1. The summed E-state index contributed by atoms with van der Waals surface area (Å²) in [5, 5.41) is 0. The van der Waals surface area contributed by atoms with Crippen LogP contribution in [0.15, 0.2) is 51.9 Å². The van der Waals surface area contributed by atoms with Crippen molar-refractivity contribution >= 4 is 11.0 Å². The monoisotopic (exact) mass is 406 g/mol. The van der Waals surface area contributed by atoms with Crippen LogP contribution in [0.4, 0.5) is 0 Å². The second kappa shape index (κ2) is 8.36. The molecule has 0 N–H and O–H groups in total. The molecule has 4 aromatic rings. The second-order valence-corrected chi connectivity index (χ2v) is 6.56. The molecular weight excluding hydrogens is 384 g/mol. The van der Waals surface area contributed by atoms with Crippen molar-refractivity contribution in [2.75, 3.05) is 13.2 Å². The molecule has 154 valence electrons. The van der Waals surface area contributed by atoms with Gasteiger partial charge in [-0.1, -0.05) is 12.1 Å². The summed E-state index contributed by atoms with van der Waals surface area (Å²) in [5.74, 6) is 1.81. The molecule has 3 aromatic heterocycles. The topological polar surface area (TPSA) is 92.3 Å². The number of rotatable bonds is 7. The number of aromatic nitrogens is 4. The van der Waals surface area contributed by atoms with Crippen molar-refractivity contribution in [3.05, 3.63) is 64.5 Å². The van der Waals surface area contributed by atoms with Crippen LogP contribution < -0.4 is 15.0 Å². The van der Waals surface area contributed by atoms with E-state index < -0.39 is 0 Å². The van der Waals surface area contributed by atoms with Gasteiger partial charge in [-0.05, 0) is 39.0 Å². The Morgan fingerprint density at radius 3 is 2.67 bits per heavy atom. The van der Waals surface area contributed by atoms with Gasteiger partial charge in [0.1, 0.15) is 22.7 Å². The summed E-state index contributed by atoms with van der Waals surface area (Å²) in [7, 11) is 0. The molecule has 0 saturated heterocycles. The minimum Gasteiger partial charge on any atom is -0.493 e. The molecule has 30 heavy (non-hydrogen) atoms. The van der Waals surface area contributed by atoms with Gasteiger partial charge in [-0.25, -0.2) is 9.97 Å². The van der Waals surface area contributed by atoms with E-state index in [1.54, 1.807) is 23.0 Å². The van der Waals surface area contributed by atoms with Crippen LogP contribution in [0.3, 0.4) is 0 Å². The van der Waals surface area contributed by atoms with E-state index in [1.165, 1.54) is 0 Å². The normalized spacial score (nSPS) is 11.0. The average molecular weight is 406 g/mol. The van der Waals surface area contributed by atoms with Crippen LogP contribution in [0, 0.1) is 6.92 Å². The van der Waals surface area contributed by atoms with Gasteiger partial charge in [0, 0.05) is 6.20 Å². The fraction of sp³-hybridized carbons (Fsp3) is 0.273. The highest BCUT2D eigenvalue weighted by atomic mass is 16.5. The molecule has 8 nitrogen and oxygen atoms in total. The first-order valence-corrected chi connectivity index (χ1v) is 9.78. The van der Waals surface area contributed by atoms with Gasteiger partial charge in [-0.3, -0.25) is 14.3 Å². The highest BCUT2D eigenvalue weighted by Gasteiger charge is 2.18. The Hall–Kier alpha value is -3.68. The zero-order valence-corrected chi connectivity index (χ0v) is 17.1. The molecule has 0 saturated carbocycles. The lowest BCUT2D eigenvalue weighted by molar-refractivity contribution is 0.320. The van der Waals surface area contributed by atoms with Crippen LogP contribution in [-0.2, 0) is 6.54 Å². The predicted octanol–water partition coefficient (Wildman–Crippen LogP) is 3.60. The standard InChI is InChI=1S/C22H22N4O4/c1-4-28-19-9-7-6-8-15(19)20-25-17(14(3)30-20)13-26-18-10-11-23-12-16(18)24-21(22(26)27)29-5-2/h6-12H,4-5,13H2,1-3H3. The van der Waals surface area contributed by atoms with Gasteiger partial charge in [-0.2, -0.15) is 0 Å². The van der Waals surface area contributed by atoms with E-state index in [9.17, 15) is 4.79 Å². The van der Waals surface area contributed by atoms with Crippen molar-refractivity contribution in [1.82, 2.24) is 19.5 Å². The molecule has 0 fully saturated rings. The fourth-order valence-corrected chi connectivity index (χ4v) is 3.23. The van der Waals surface area contributed by atoms with E-state index in [0.717, 1.165) is 5.56 Å². The first-order valence-electron chi connectivity index (χ1n) is 9.78. The summed E-state index contributed by atoms with van der Waals surface area (Å²) < 4.78 is 18.6. The Morgan fingerprint density at radius 2 is 1.87 bits per heavy atom. The van der Waals surface area contributed by atoms with Crippen molar-refractivity contribution in [2.45, 2.75) is 27.3 Å². The lowest BCUT2D eigenvalue weighted by Gasteiger charge is -2.11. The summed E-state index contributed by atoms with van der Waals surface area (Å²) in [6, 6.07) is 9.32. The van der Waals surface area contributed by atoms with Gasteiger partial charge in [0.15, 0.2) is 0 Å². The quantitative estimate of drug-likeness (QED) is 0.463. The third kappa shape index (κ3) is 3.63. The molecule has 1 aromatic carbocycles. The molecule has 0 radical (unpaired) electrons. The number of benzene rings is 1. The largest absolute Gasteiger partial charge is 0.493 e. The minimum absolute atomic E-state index is 0.0427. The molecule has 0 amide bonds. The molecule has 8 heteroatoms. The maximum Gasteiger partial charge on any atom is 0.314 e. The molecule has 0 bridgehead atoms. The molecule has 3 heterocycles. The number of hydrogen-bond acceptors (Lipinski definition) is 7. The molecule has 0 aliphatic carbocycles. The summed E-state index contributed by atoms with van der Waals surface area (Å²) in [6.45, 7) is 6.66. The maximum absolute atomic E-state index is 13.0. The number of para-hydroxylation sites is 1. The van der Waals surface area contributed by atoms with Crippen LogP contribution in [0.25, 0.3) is 22.5 Å². The van der Waals surface area contributed by atoms with Gasteiger partial charge in [-0.15, -0.1) is 0 Å². The van der Waals surface area contributed by atoms with Crippen LogP contribution in [0.2, 0.25) is 0 Å². The molecular formula is C22H22N4O4. The number of fused-ring (bicyclic) bond motifs is 1. The van der Waals surface area contributed by atoms with Crippen LogP contribution in [0.5, 0.6) is 11.6 Å². The number of oxazole rings is 1. The lowest BCUT2D eigenvalue weighted by atomic mass is 10.2. The van der Waals surface area contributed by atoms with Gasteiger partial charge >= 0.3 is 5.56 Å². The van der Waals surface area contributed by atoms with Crippen molar-refractivity contribution in [1.29, 1.82) is 0 Å². The zero-order chi connectivity index (χ0) is 21.1. The third-order valence-corrected chi connectivity index (χ3v) is 4.62. The van der Waals surface area contributed by atoms with Crippen LogP contribution in [0.1, 0.15) is 25.3 Å². The van der Waals surface area contributed by atoms with Gasteiger partial charge in [0.2, 0.25) is 5.89 Å². The SMILES string of the molecule is CCOc1ccccc1-c1nc(Cn2c(=O)c(OCC)nc3cnccc32)c(C)o1. The summed E-state index contributed by atoms with van der Waals surface area (Å²) >= 11 is 0. The van der Waals surface area contributed by atoms with Crippen molar-refractivity contribution in [3.8, 4) is 23.1 Å². The van der Waals surface area contributed by atoms with E-state index in [-0.39, 0.29) is 18.0 Å². The van der Waals surface area contributed by atoms with Crippen molar-refractivity contribution < 1.29 is 13.9 Å². The third-order valence-electron chi connectivity index (χ3n) is 4.62. The molecule has 0 aliphatic heterocycles. The molecule has 0 unspecified atom stereocenters. The second-order valence-electron chi connectivity index (χ2n) is 6.56. The average Bonchev–Trinajstić information content (AvgIpc) is 3.12. The van der Waals surface area contributed by atoms with E-state index >= 15 is 0 Å². The number of hydrogen-bond donors (Lipinski definition) is 0. The maximum atomic E-state index is 13.0. The summed E-state index contributed by atoms with van der Waals surface area (Å²) in [6.07, 6.45) is 3.23. The van der Waals surface area contributed by atoms with E-state index in [0.29, 0.717) is 47.3 Å². The van der Waals surface area contributed by atoms with Gasteiger partial charge in [0.25, 0.3) is 5.88 Å². The Kier molecular flexibility index (Phi) is 5.47. The Balaban J connectivity index is 1.79. The summed E-state index contributed by atoms with van der Waals surface area (Å²) in [4.78, 5) is 26.0. The van der Waals surface area contributed by atoms with Crippen molar-refractivity contribution in [3.63, 3.8) is 0 Å². The summed E-state index contributed by atoms with van der Waals surface area (Å²) in [5.41, 5.74) is 2.31. The zero-order valence-electron chi connectivity index (χ0n) is 17.1. The Morgan fingerprint density at radius 1 is 1.07 bits per heavy atom. The molecule has 0 aliphatic rings. The number of ether oxygens (including phenoxy) is 2. The van der Waals surface area contributed by atoms with E-state index in [1.807, 2.05) is 45.0 Å². The molecule has 0 atom stereocenters. The molecule has 4 rings (SSSR count). The van der Waals surface area contributed by atoms with Crippen LogP contribution in [-0.4, -0.2) is 32.7 Å². The Labute approximate surface area is 173 Å². The highest BCUT2D eigenvalue weighted by Crippen LogP contribution is 2.31. The first kappa shape index (κ1) is 19.6. The lowest BCUT2D eigenvalue weighted by Crippen LogP contribution is -2.25. The number of nitrogens with zero attached hydrogens (tertiary/aromatic N) is 4. The van der Waals surface area contributed by atoms with E-state index in [2.05, 4.69) is 15.0 Å². The van der Waals surface area contributed by atoms with Gasteiger partial charge in [0.05, 0.1) is 37.0 Å². The van der Waals surface area contributed by atoms with Crippen molar-refractivity contribution in [2.24, 2.45) is 0 Å². The Bertz CT molecular complexity index is 1250. The van der Waals surface area contributed by atoms with E-state index in [4.69, 9.17) is 13.9 Å².